The molecule has 0 aromatic carbocycles. The van der Waals surface area contributed by atoms with Crippen LogP contribution in [0, 0.1) is 0 Å². The number of carbonyl (C=O) groups excluding carboxylic acids is 1. The Balaban J connectivity index is 2.48. The fraction of sp³-hybridized carbons (Fsp3) is 0.846. The highest BCUT2D eigenvalue weighted by Crippen LogP contribution is 2.15. The van der Waals surface area contributed by atoms with E-state index in [2.05, 4.69) is 0 Å². The van der Waals surface area contributed by atoms with Crippen LogP contribution in [0.1, 0.15) is 26.7 Å². The van der Waals surface area contributed by atoms with Gasteiger partial charge in [-0.3, -0.25) is 14.5 Å². The van der Waals surface area contributed by atoms with Crippen LogP contribution in [0.25, 0.3) is 0 Å². The van der Waals surface area contributed by atoms with Gasteiger partial charge in [0.1, 0.15) is 0 Å². The zero-order valence-corrected chi connectivity index (χ0v) is 12.0. The molecule has 0 aliphatic carbocycles. The zero-order chi connectivity index (χ0) is 14.5. The zero-order valence-electron chi connectivity index (χ0n) is 12.0. The number of carboxylic acids is 1. The topological polar surface area (TPSA) is 70.1 Å². The van der Waals surface area contributed by atoms with Crippen molar-refractivity contribution in [1.29, 1.82) is 0 Å². The molecule has 1 amide bonds. The average molecular weight is 272 g/mol. The number of amides is 1. The van der Waals surface area contributed by atoms with Gasteiger partial charge < -0.3 is 14.7 Å². The molecule has 0 atom stereocenters. The number of methoxy groups -OCH3 is 1. The van der Waals surface area contributed by atoms with E-state index < -0.39 is 11.6 Å². The summed E-state index contributed by atoms with van der Waals surface area (Å²) >= 11 is 0. The minimum atomic E-state index is -0.819. The summed E-state index contributed by atoms with van der Waals surface area (Å²) in [7, 11) is 1.60. The van der Waals surface area contributed by atoms with E-state index in [-0.39, 0.29) is 12.5 Å². The number of hydrogen-bond acceptors (Lipinski definition) is 4. The number of carbonyl (C=O) groups is 2. The summed E-state index contributed by atoms with van der Waals surface area (Å²) in [6.07, 6.45) is 1.16. The summed E-state index contributed by atoms with van der Waals surface area (Å²) in [6, 6.07) is 0. The molecule has 0 unspecified atom stereocenters. The van der Waals surface area contributed by atoms with E-state index in [4.69, 9.17) is 9.84 Å². The molecule has 6 nitrogen and oxygen atoms in total. The van der Waals surface area contributed by atoms with Crippen LogP contribution in [0.2, 0.25) is 0 Å². The molecule has 110 valence electrons. The van der Waals surface area contributed by atoms with Crippen molar-refractivity contribution in [3.63, 3.8) is 0 Å². The molecule has 6 heteroatoms. The van der Waals surface area contributed by atoms with Crippen molar-refractivity contribution in [2.24, 2.45) is 0 Å². The predicted molar refractivity (Wildman–Crippen MR) is 71.0 cm³/mol. The second-order valence-electron chi connectivity index (χ2n) is 5.54. The van der Waals surface area contributed by atoms with Crippen molar-refractivity contribution in [1.82, 2.24) is 9.80 Å². The van der Waals surface area contributed by atoms with E-state index in [9.17, 15) is 9.59 Å². The molecule has 1 heterocycles. The lowest BCUT2D eigenvalue weighted by atomic mass is 10.0. The largest absolute Gasteiger partial charge is 0.480 e. The van der Waals surface area contributed by atoms with Gasteiger partial charge >= 0.3 is 5.97 Å². The molecule has 0 spiro atoms. The fourth-order valence-corrected chi connectivity index (χ4v) is 2.12. The maximum absolute atomic E-state index is 12.2. The molecular formula is C13H24N2O4. The molecule has 1 N–H and O–H groups in total. The molecule has 0 aromatic heterocycles. The Labute approximate surface area is 114 Å². The number of aliphatic carboxylic acids is 1. The summed E-state index contributed by atoms with van der Waals surface area (Å²) in [5, 5.41) is 8.78. The Bertz CT molecular complexity index is 331. The third kappa shape index (κ3) is 5.57. The first-order valence-corrected chi connectivity index (χ1v) is 6.61. The normalized spacial score (nSPS) is 18.2. The molecule has 19 heavy (non-hydrogen) atoms. The van der Waals surface area contributed by atoms with Gasteiger partial charge in [0.05, 0.1) is 18.6 Å². The molecule has 1 saturated heterocycles. The molecule has 0 aromatic rings. The van der Waals surface area contributed by atoms with E-state index >= 15 is 0 Å². The summed E-state index contributed by atoms with van der Waals surface area (Å²) < 4.78 is 5.27. The lowest BCUT2D eigenvalue weighted by Gasteiger charge is -2.27. The molecule has 0 bridgehead atoms. The van der Waals surface area contributed by atoms with Gasteiger partial charge in [0.2, 0.25) is 5.91 Å². The maximum Gasteiger partial charge on any atom is 0.317 e. The number of hydrogen-bond donors (Lipinski definition) is 1. The Morgan fingerprint density at radius 1 is 1.21 bits per heavy atom. The quantitative estimate of drug-likeness (QED) is 0.785. The van der Waals surface area contributed by atoms with Crippen LogP contribution in [-0.4, -0.2) is 72.2 Å². The first-order chi connectivity index (χ1) is 8.84. The van der Waals surface area contributed by atoms with E-state index in [1.165, 1.54) is 0 Å². The third-order valence-corrected chi connectivity index (χ3v) is 3.43. The van der Waals surface area contributed by atoms with Crippen molar-refractivity contribution >= 4 is 11.9 Å². The highest BCUT2D eigenvalue weighted by atomic mass is 16.5. The number of carboxylic acid groups (broad SMARTS) is 1. The van der Waals surface area contributed by atoms with Crippen LogP contribution >= 0.6 is 0 Å². The van der Waals surface area contributed by atoms with Gasteiger partial charge in [-0.2, -0.15) is 0 Å². The highest BCUT2D eigenvalue weighted by Gasteiger charge is 2.26. The minimum Gasteiger partial charge on any atom is -0.480 e. The Kier molecular flexibility index (Phi) is 5.75. The van der Waals surface area contributed by atoms with Crippen LogP contribution in [-0.2, 0) is 14.3 Å². The maximum atomic E-state index is 12.2. The lowest BCUT2D eigenvalue weighted by Crippen LogP contribution is -2.40. The monoisotopic (exact) mass is 272 g/mol. The van der Waals surface area contributed by atoms with E-state index in [0.717, 1.165) is 13.0 Å². The van der Waals surface area contributed by atoms with Gasteiger partial charge in [0, 0.05) is 33.3 Å². The van der Waals surface area contributed by atoms with Gasteiger partial charge in [0.25, 0.3) is 0 Å². The van der Waals surface area contributed by atoms with Crippen molar-refractivity contribution in [2.45, 2.75) is 32.3 Å². The summed E-state index contributed by atoms with van der Waals surface area (Å²) in [5.74, 6) is -0.746. The van der Waals surface area contributed by atoms with Crippen LogP contribution in [0.5, 0.6) is 0 Å². The van der Waals surface area contributed by atoms with E-state index in [1.807, 2.05) is 23.6 Å². The van der Waals surface area contributed by atoms with Crippen LogP contribution in [0.3, 0.4) is 0 Å². The van der Waals surface area contributed by atoms with Gasteiger partial charge in [-0.25, -0.2) is 0 Å². The third-order valence-electron chi connectivity index (χ3n) is 3.43. The lowest BCUT2D eigenvalue weighted by molar-refractivity contribution is -0.138. The van der Waals surface area contributed by atoms with E-state index in [1.54, 1.807) is 7.11 Å². The van der Waals surface area contributed by atoms with Crippen LogP contribution in [0.4, 0.5) is 0 Å². The number of nitrogens with zero attached hydrogens (tertiary/aromatic N) is 2. The Hall–Kier alpha value is -1.14. The molecule has 1 aliphatic heterocycles. The highest BCUT2D eigenvalue weighted by molar-refractivity contribution is 5.77. The first kappa shape index (κ1) is 15.9. The molecule has 1 fully saturated rings. The van der Waals surface area contributed by atoms with Gasteiger partial charge in [-0.05, 0) is 20.3 Å². The minimum absolute atomic E-state index is 0.0472. The van der Waals surface area contributed by atoms with Gasteiger partial charge in [-0.15, -0.1) is 0 Å². The van der Waals surface area contributed by atoms with Crippen molar-refractivity contribution in [2.75, 3.05) is 39.8 Å². The average Bonchev–Trinajstić information content (AvgIpc) is 2.53. The van der Waals surface area contributed by atoms with Crippen molar-refractivity contribution < 1.29 is 19.4 Å². The SMILES string of the molecule is COC(C)(C)CC(=O)N1CCCN(CC(=O)O)CC1. The van der Waals surface area contributed by atoms with Crippen LogP contribution in [0.15, 0.2) is 0 Å². The molecular weight excluding hydrogens is 248 g/mol. The van der Waals surface area contributed by atoms with E-state index in [0.29, 0.717) is 26.1 Å². The second kappa shape index (κ2) is 6.86. The molecule has 0 radical (unpaired) electrons. The predicted octanol–water partition coefficient (Wildman–Crippen LogP) is 0.420. The Morgan fingerprint density at radius 2 is 1.89 bits per heavy atom. The number of rotatable bonds is 5. The molecule has 0 saturated carbocycles. The van der Waals surface area contributed by atoms with Gasteiger partial charge in [-0.1, -0.05) is 0 Å². The van der Waals surface area contributed by atoms with Gasteiger partial charge in [0.15, 0.2) is 0 Å². The first-order valence-electron chi connectivity index (χ1n) is 6.61. The molecule has 1 rings (SSSR count). The summed E-state index contributed by atoms with van der Waals surface area (Å²) in [6.45, 7) is 6.44. The summed E-state index contributed by atoms with van der Waals surface area (Å²) in [5.41, 5.74) is -0.454. The Morgan fingerprint density at radius 3 is 2.47 bits per heavy atom. The molecule has 1 aliphatic rings. The second-order valence-corrected chi connectivity index (χ2v) is 5.54. The fourth-order valence-electron chi connectivity index (χ4n) is 2.12. The summed E-state index contributed by atoms with van der Waals surface area (Å²) in [4.78, 5) is 26.5. The number of ether oxygens (including phenoxy) is 1. The smallest absolute Gasteiger partial charge is 0.317 e. The van der Waals surface area contributed by atoms with Crippen molar-refractivity contribution in [3.8, 4) is 0 Å². The van der Waals surface area contributed by atoms with Crippen LogP contribution < -0.4 is 0 Å². The van der Waals surface area contributed by atoms with Crippen molar-refractivity contribution in [3.05, 3.63) is 0 Å². The standard InChI is InChI=1S/C13H24N2O4/c1-13(2,19-3)9-11(16)15-6-4-5-14(7-8-15)10-12(17)18/h4-10H2,1-3H3,(H,17,18).